The number of nitrogens with two attached hydrogens (primary N) is 1. The molecule has 1 aromatic carbocycles. The zero-order valence-corrected chi connectivity index (χ0v) is 10.9. The molecule has 1 heterocycles. The van der Waals surface area contributed by atoms with Crippen molar-refractivity contribution in [2.24, 2.45) is 0 Å². The molecule has 0 atom stereocenters. The second-order valence-electron chi connectivity index (χ2n) is 4.06. The Morgan fingerprint density at radius 3 is 2.89 bits per heavy atom. The SMILES string of the molecule is Cc1cc(N)cc(C(=O)NCc2csc(=O)[nH]2)c1F. The van der Waals surface area contributed by atoms with Crippen molar-refractivity contribution in [1.29, 1.82) is 0 Å². The zero-order valence-electron chi connectivity index (χ0n) is 10.1. The number of carbonyl (C=O) groups is 1. The molecule has 0 unspecified atom stereocenters. The number of H-pyrrole nitrogens is 1. The first-order chi connectivity index (χ1) is 8.97. The minimum absolute atomic E-state index is 0.102. The van der Waals surface area contributed by atoms with Crippen LogP contribution in [0.5, 0.6) is 0 Å². The summed E-state index contributed by atoms with van der Waals surface area (Å²) in [5, 5.41) is 4.13. The van der Waals surface area contributed by atoms with Crippen LogP contribution in [0.15, 0.2) is 22.3 Å². The summed E-state index contributed by atoms with van der Waals surface area (Å²) in [6.07, 6.45) is 0. The van der Waals surface area contributed by atoms with Gasteiger partial charge in [0.25, 0.3) is 5.91 Å². The molecule has 2 aromatic rings. The van der Waals surface area contributed by atoms with E-state index in [2.05, 4.69) is 10.3 Å². The lowest BCUT2D eigenvalue weighted by molar-refractivity contribution is 0.0946. The molecule has 19 heavy (non-hydrogen) atoms. The molecule has 0 aliphatic carbocycles. The molecule has 2 rings (SSSR count). The molecule has 0 radical (unpaired) electrons. The highest BCUT2D eigenvalue weighted by Crippen LogP contribution is 2.17. The number of anilines is 1. The summed E-state index contributed by atoms with van der Waals surface area (Å²) in [7, 11) is 0. The van der Waals surface area contributed by atoms with Gasteiger partial charge in [0.2, 0.25) is 0 Å². The predicted molar refractivity (Wildman–Crippen MR) is 71.7 cm³/mol. The van der Waals surface area contributed by atoms with Crippen LogP contribution in [-0.2, 0) is 6.54 Å². The van der Waals surface area contributed by atoms with Crippen LogP contribution in [0.1, 0.15) is 21.6 Å². The first-order valence-electron chi connectivity index (χ1n) is 5.48. The number of nitrogens with one attached hydrogen (secondary N) is 2. The fourth-order valence-corrected chi connectivity index (χ4v) is 2.22. The highest BCUT2D eigenvalue weighted by atomic mass is 32.1. The molecular weight excluding hydrogens is 269 g/mol. The fourth-order valence-electron chi connectivity index (χ4n) is 1.63. The highest BCUT2D eigenvalue weighted by Gasteiger charge is 2.14. The largest absolute Gasteiger partial charge is 0.399 e. The molecule has 5 nitrogen and oxygen atoms in total. The Labute approximate surface area is 112 Å². The lowest BCUT2D eigenvalue weighted by atomic mass is 10.1. The van der Waals surface area contributed by atoms with Crippen molar-refractivity contribution < 1.29 is 9.18 Å². The van der Waals surface area contributed by atoms with E-state index < -0.39 is 11.7 Å². The van der Waals surface area contributed by atoms with Crippen LogP contribution in [-0.4, -0.2) is 10.9 Å². The van der Waals surface area contributed by atoms with E-state index in [-0.39, 0.29) is 17.0 Å². The molecule has 1 amide bonds. The van der Waals surface area contributed by atoms with Gasteiger partial charge in [0.05, 0.1) is 12.1 Å². The van der Waals surface area contributed by atoms with Crippen LogP contribution in [0.2, 0.25) is 0 Å². The van der Waals surface area contributed by atoms with Crippen LogP contribution >= 0.6 is 11.3 Å². The van der Waals surface area contributed by atoms with Crippen LogP contribution in [0.25, 0.3) is 0 Å². The van der Waals surface area contributed by atoms with Gasteiger partial charge in [-0.25, -0.2) is 4.39 Å². The minimum Gasteiger partial charge on any atom is -0.399 e. The number of benzene rings is 1. The number of halogens is 1. The summed E-state index contributed by atoms with van der Waals surface area (Å²) >= 11 is 1.00. The molecule has 0 aliphatic rings. The third-order valence-electron chi connectivity index (χ3n) is 2.53. The van der Waals surface area contributed by atoms with Crippen LogP contribution in [0.3, 0.4) is 0 Å². The van der Waals surface area contributed by atoms with E-state index in [9.17, 15) is 14.0 Å². The summed E-state index contributed by atoms with van der Waals surface area (Å²) in [5.41, 5.74) is 6.70. The summed E-state index contributed by atoms with van der Waals surface area (Å²) in [6, 6.07) is 2.75. The molecule has 0 fully saturated rings. The van der Waals surface area contributed by atoms with Gasteiger partial charge in [0.15, 0.2) is 0 Å². The van der Waals surface area contributed by atoms with Crippen molar-refractivity contribution in [3.05, 3.63) is 49.8 Å². The maximum absolute atomic E-state index is 13.8. The number of nitrogen functional groups attached to an aromatic ring is 1. The van der Waals surface area contributed by atoms with E-state index in [1.165, 1.54) is 12.1 Å². The van der Waals surface area contributed by atoms with Crippen LogP contribution < -0.4 is 15.9 Å². The van der Waals surface area contributed by atoms with Crippen molar-refractivity contribution in [3.63, 3.8) is 0 Å². The third kappa shape index (κ3) is 3.00. The number of aryl methyl sites for hydroxylation is 1. The molecular formula is C12H12FN3O2S. The van der Waals surface area contributed by atoms with E-state index in [0.29, 0.717) is 16.9 Å². The van der Waals surface area contributed by atoms with Gasteiger partial charge in [0, 0.05) is 16.8 Å². The van der Waals surface area contributed by atoms with Gasteiger partial charge in [-0.15, -0.1) is 0 Å². The van der Waals surface area contributed by atoms with Gasteiger partial charge in [0.1, 0.15) is 5.82 Å². The molecule has 0 bridgehead atoms. The number of hydrogen-bond donors (Lipinski definition) is 3. The number of amides is 1. The van der Waals surface area contributed by atoms with Gasteiger partial charge in [-0.1, -0.05) is 11.3 Å². The normalized spacial score (nSPS) is 10.4. The number of hydrogen-bond acceptors (Lipinski definition) is 4. The highest BCUT2D eigenvalue weighted by molar-refractivity contribution is 7.07. The van der Waals surface area contributed by atoms with Crippen LogP contribution in [0.4, 0.5) is 10.1 Å². The Hall–Kier alpha value is -2.15. The standard InChI is InChI=1S/C12H12FN3O2S/c1-6-2-7(14)3-9(10(6)13)11(17)15-4-8-5-19-12(18)16-8/h2-3,5H,4,14H2,1H3,(H,15,17)(H,16,18). The van der Waals surface area contributed by atoms with E-state index in [1.54, 1.807) is 12.3 Å². The topological polar surface area (TPSA) is 88.0 Å². The summed E-state index contributed by atoms with van der Waals surface area (Å²) in [6.45, 7) is 1.67. The zero-order chi connectivity index (χ0) is 14.0. The Balaban J connectivity index is 2.14. The number of aromatic amines is 1. The van der Waals surface area contributed by atoms with Gasteiger partial charge in [-0.2, -0.15) is 0 Å². The van der Waals surface area contributed by atoms with E-state index >= 15 is 0 Å². The maximum Gasteiger partial charge on any atom is 0.304 e. The Morgan fingerprint density at radius 1 is 1.53 bits per heavy atom. The fraction of sp³-hybridized carbons (Fsp3) is 0.167. The first kappa shape index (κ1) is 13.3. The summed E-state index contributed by atoms with van der Waals surface area (Å²) < 4.78 is 13.8. The van der Waals surface area contributed by atoms with E-state index in [0.717, 1.165) is 11.3 Å². The Morgan fingerprint density at radius 2 is 2.26 bits per heavy atom. The Kier molecular flexibility index (Phi) is 3.66. The summed E-state index contributed by atoms with van der Waals surface area (Å²) in [4.78, 5) is 25.1. The maximum atomic E-state index is 13.8. The van der Waals surface area contributed by atoms with Crippen molar-refractivity contribution in [3.8, 4) is 0 Å². The lowest BCUT2D eigenvalue weighted by Crippen LogP contribution is -2.24. The Bertz CT molecular complexity index is 678. The van der Waals surface area contributed by atoms with Gasteiger partial charge >= 0.3 is 4.87 Å². The minimum atomic E-state index is -0.592. The number of thiazole rings is 1. The number of aromatic nitrogens is 1. The second kappa shape index (κ2) is 5.23. The number of carbonyl (C=O) groups excluding carboxylic acids is 1. The van der Waals surface area contributed by atoms with Gasteiger partial charge in [-0.3, -0.25) is 9.59 Å². The van der Waals surface area contributed by atoms with Crippen molar-refractivity contribution in [1.82, 2.24) is 10.3 Å². The van der Waals surface area contributed by atoms with Crippen molar-refractivity contribution in [2.75, 3.05) is 5.73 Å². The molecule has 7 heteroatoms. The lowest BCUT2D eigenvalue weighted by Gasteiger charge is -2.08. The molecule has 0 saturated carbocycles. The number of rotatable bonds is 3. The predicted octanol–water partition coefficient (Wildman–Crippen LogP) is 1.40. The first-order valence-corrected chi connectivity index (χ1v) is 6.36. The quantitative estimate of drug-likeness (QED) is 0.743. The molecule has 0 aliphatic heterocycles. The molecule has 4 N–H and O–H groups in total. The smallest absolute Gasteiger partial charge is 0.304 e. The average Bonchev–Trinajstić information content (AvgIpc) is 2.76. The van der Waals surface area contributed by atoms with E-state index in [4.69, 9.17) is 5.73 Å². The molecule has 1 aromatic heterocycles. The second-order valence-corrected chi connectivity index (χ2v) is 4.90. The van der Waals surface area contributed by atoms with Gasteiger partial charge in [-0.05, 0) is 24.6 Å². The van der Waals surface area contributed by atoms with Crippen LogP contribution in [0, 0.1) is 12.7 Å². The summed E-state index contributed by atoms with van der Waals surface area (Å²) in [5.74, 6) is -1.16. The van der Waals surface area contributed by atoms with Gasteiger partial charge < -0.3 is 16.0 Å². The third-order valence-corrected chi connectivity index (χ3v) is 3.25. The van der Waals surface area contributed by atoms with E-state index in [1.807, 2.05) is 0 Å². The molecule has 100 valence electrons. The molecule has 0 spiro atoms. The van der Waals surface area contributed by atoms with Crippen molar-refractivity contribution >= 4 is 22.9 Å². The monoisotopic (exact) mass is 281 g/mol. The molecule has 0 saturated heterocycles. The van der Waals surface area contributed by atoms with Crippen molar-refractivity contribution in [2.45, 2.75) is 13.5 Å². The average molecular weight is 281 g/mol.